The summed E-state index contributed by atoms with van der Waals surface area (Å²) >= 11 is 0. The van der Waals surface area contributed by atoms with Crippen LogP contribution in [-0.4, -0.2) is 20.9 Å². The Bertz CT molecular complexity index is 540. The molecule has 0 fully saturated rings. The number of nitrogens with one attached hydrogen (secondary N) is 1. The Morgan fingerprint density at radius 1 is 1.39 bits per heavy atom. The number of hydrogen-bond acceptors (Lipinski definition) is 3. The van der Waals surface area contributed by atoms with E-state index < -0.39 is 9.05 Å². The van der Waals surface area contributed by atoms with Crippen LogP contribution in [0.5, 0.6) is 0 Å². The Hall–Kier alpha value is -1.07. The molecule has 0 aromatic heterocycles. The molecule has 0 aliphatic heterocycles. The maximum Gasteiger partial charge on any atom is 0.261 e. The Morgan fingerprint density at radius 2 is 2.06 bits per heavy atom. The lowest BCUT2D eigenvalue weighted by Gasteiger charge is -2.08. The summed E-state index contributed by atoms with van der Waals surface area (Å²) < 4.78 is 22.3. The molecule has 1 aromatic rings. The van der Waals surface area contributed by atoms with Gasteiger partial charge in [0.1, 0.15) is 0 Å². The van der Waals surface area contributed by atoms with Gasteiger partial charge in [0, 0.05) is 22.8 Å². The molecular formula is C12H16ClNO3S. The molecule has 0 saturated heterocycles. The minimum absolute atomic E-state index is 0.00627. The van der Waals surface area contributed by atoms with Crippen molar-refractivity contribution in [2.45, 2.75) is 31.6 Å². The van der Waals surface area contributed by atoms with E-state index in [0.717, 1.165) is 12.8 Å². The summed E-state index contributed by atoms with van der Waals surface area (Å²) in [6.45, 7) is 4.34. The Kier molecular flexibility index (Phi) is 5.16. The molecule has 0 unspecified atom stereocenters. The van der Waals surface area contributed by atoms with Crippen molar-refractivity contribution in [3.05, 3.63) is 29.3 Å². The number of halogens is 1. The van der Waals surface area contributed by atoms with Gasteiger partial charge in [0.05, 0.1) is 4.90 Å². The first-order chi connectivity index (χ1) is 8.36. The van der Waals surface area contributed by atoms with Gasteiger partial charge < -0.3 is 5.32 Å². The van der Waals surface area contributed by atoms with Crippen molar-refractivity contribution in [2.75, 3.05) is 6.54 Å². The molecule has 0 aliphatic rings. The van der Waals surface area contributed by atoms with Crippen LogP contribution >= 0.6 is 10.7 Å². The molecule has 18 heavy (non-hydrogen) atoms. The molecule has 1 rings (SSSR count). The summed E-state index contributed by atoms with van der Waals surface area (Å²) in [6, 6.07) is 4.22. The third kappa shape index (κ3) is 3.99. The normalized spacial score (nSPS) is 11.3. The highest BCUT2D eigenvalue weighted by atomic mass is 35.7. The molecule has 100 valence electrons. The molecule has 1 amide bonds. The lowest BCUT2D eigenvalue weighted by Crippen LogP contribution is -2.25. The van der Waals surface area contributed by atoms with E-state index in [1.54, 1.807) is 6.92 Å². The van der Waals surface area contributed by atoms with Crippen molar-refractivity contribution < 1.29 is 13.2 Å². The number of amides is 1. The van der Waals surface area contributed by atoms with E-state index in [9.17, 15) is 13.2 Å². The first-order valence-electron chi connectivity index (χ1n) is 5.69. The highest BCUT2D eigenvalue weighted by Crippen LogP contribution is 2.18. The molecule has 1 N–H and O–H groups in total. The molecule has 0 bridgehead atoms. The van der Waals surface area contributed by atoms with Crippen molar-refractivity contribution in [1.82, 2.24) is 5.32 Å². The fourth-order valence-electron chi connectivity index (χ4n) is 1.52. The second kappa shape index (κ2) is 6.20. The molecule has 0 spiro atoms. The number of rotatable bonds is 5. The predicted octanol–water partition coefficient (Wildman–Crippen LogP) is 2.45. The smallest absolute Gasteiger partial charge is 0.261 e. The summed E-state index contributed by atoms with van der Waals surface area (Å²) in [7, 11) is 1.49. The fourth-order valence-corrected chi connectivity index (χ4v) is 2.35. The van der Waals surface area contributed by atoms with Gasteiger partial charge in [-0.25, -0.2) is 8.42 Å². The number of benzene rings is 1. The average Bonchev–Trinajstić information content (AvgIpc) is 2.27. The monoisotopic (exact) mass is 289 g/mol. The Morgan fingerprint density at radius 3 is 2.56 bits per heavy atom. The lowest BCUT2D eigenvalue weighted by atomic mass is 10.1. The summed E-state index contributed by atoms with van der Waals surface area (Å²) in [5.41, 5.74) is 1.06. The summed E-state index contributed by atoms with van der Waals surface area (Å²) in [5, 5.41) is 2.78. The Labute approximate surface area is 112 Å². The number of aryl methyl sites for hydroxylation is 1. The van der Waals surface area contributed by atoms with Crippen LogP contribution in [0.1, 0.15) is 35.7 Å². The summed E-state index contributed by atoms with van der Waals surface area (Å²) in [5.74, 6) is -0.195. The van der Waals surface area contributed by atoms with Gasteiger partial charge in [-0.15, -0.1) is 0 Å². The van der Waals surface area contributed by atoms with Crippen LogP contribution in [0, 0.1) is 6.92 Å². The maximum atomic E-state index is 11.8. The van der Waals surface area contributed by atoms with Gasteiger partial charge in [0.25, 0.3) is 15.0 Å². The van der Waals surface area contributed by atoms with Crippen LogP contribution in [-0.2, 0) is 9.05 Å². The van der Waals surface area contributed by atoms with Gasteiger partial charge in [-0.1, -0.05) is 13.3 Å². The van der Waals surface area contributed by atoms with Crippen molar-refractivity contribution >= 4 is 25.6 Å². The maximum absolute atomic E-state index is 11.8. The molecule has 0 aliphatic carbocycles. The zero-order valence-corrected chi connectivity index (χ0v) is 11.9. The number of carbonyl (C=O) groups is 1. The van der Waals surface area contributed by atoms with Crippen molar-refractivity contribution in [1.29, 1.82) is 0 Å². The highest BCUT2D eigenvalue weighted by molar-refractivity contribution is 8.13. The van der Waals surface area contributed by atoms with E-state index in [1.165, 1.54) is 18.2 Å². The zero-order valence-electron chi connectivity index (χ0n) is 10.4. The second-order valence-corrected chi connectivity index (χ2v) is 6.59. The zero-order chi connectivity index (χ0) is 13.8. The first-order valence-corrected chi connectivity index (χ1v) is 8.00. The fraction of sp³-hybridized carbons (Fsp3) is 0.417. The SMILES string of the molecule is CCCCNC(=O)c1ccc(S(=O)(=O)Cl)cc1C. The number of unbranched alkanes of at least 4 members (excludes halogenated alkanes) is 1. The van der Waals surface area contributed by atoms with E-state index in [4.69, 9.17) is 10.7 Å². The second-order valence-electron chi connectivity index (χ2n) is 4.02. The quantitative estimate of drug-likeness (QED) is 0.669. The standard InChI is InChI=1S/C12H16ClNO3S/c1-3-4-7-14-12(15)11-6-5-10(8-9(11)2)18(13,16)17/h5-6,8H,3-4,7H2,1-2H3,(H,14,15). The van der Waals surface area contributed by atoms with Gasteiger partial charge in [-0.2, -0.15) is 0 Å². The van der Waals surface area contributed by atoms with Crippen LogP contribution in [0.2, 0.25) is 0 Å². The van der Waals surface area contributed by atoms with E-state index in [-0.39, 0.29) is 10.8 Å². The largest absolute Gasteiger partial charge is 0.352 e. The van der Waals surface area contributed by atoms with Crippen molar-refractivity contribution in [2.24, 2.45) is 0 Å². The van der Waals surface area contributed by atoms with Crippen LogP contribution in [0.25, 0.3) is 0 Å². The minimum Gasteiger partial charge on any atom is -0.352 e. The molecule has 4 nitrogen and oxygen atoms in total. The molecular weight excluding hydrogens is 274 g/mol. The molecule has 0 radical (unpaired) electrons. The first kappa shape index (κ1) is 15.0. The van der Waals surface area contributed by atoms with Crippen molar-refractivity contribution in [3.63, 3.8) is 0 Å². The highest BCUT2D eigenvalue weighted by Gasteiger charge is 2.14. The van der Waals surface area contributed by atoms with E-state index >= 15 is 0 Å². The van der Waals surface area contributed by atoms with Gasteiger partial charge in [0.15, 0.2) is 0 Å². The summed E-state index contributed by atoms with van der Waals surface area (Å²) in [4.78, 5) is 11.8. The molecule has 0 saturated carbocycles. The molecule has 1 aromatic carbocycles. The van der Waals surface area contributed by atoms with Crippen LogP contribution in [0.15, 0.2) is 23.1 Å². The van der Waals surface area contributed by atoms with Crippen LogP contribution < -0.4 is 5.32 Å². The van der Waals surface area contributed by atoms with Gasteiger partial charge in [-0.3, -0.25) is 4.79 Å². The molecule has 6 heteroatoms. The van der Waals surface area contributed by atoms with E-state index in [0.29, 0.717) is 17.7 Å². The van der Waals surface area contributed by atoms with Crippen LogP contribution in [0.3, 0.4) is 0 Å². The van der Waals surface area contributed by atoms with Gasteiger partial charge in [-0.05, 0) is 37.1 Å². The van der Waals surface area contributed by atoms with Crippen LogP contribution in [0.4, 0.5) is 0 Å². The summed E-state index contributed by atoms with van der Waals surface area (Å²) in [6.07, 6.45) is 1.92. The van der Waals surface area contributed by atoms with Gasteiger partial charge >= 0.3 is 0 Å². The van der Waals surface area contributed by atoms with E-state index in [1.807, 2.05) is 6.92 Å². The molecule has 0 atom stereocenters. The Balaban J connectivity index is 2.89. The predicted molar refractivity (Wildman–Crippen MR) is 71.5 cm³/mol. The number of carbonyl (C=O) groups excluding carboxylic acids is 1. The van der Waals surface area contributed by atoms with Gasteiger partial charge in [0.2, 0.25) is 0 Å². The minimum atomic E-state index is -3.75. The third-order valence-electron chi connectivity index (χ3n) is 2.54. The third-order valence-corrected chi connectivity index (χ3v) is 3.89. The number of hydrogen-bond donors (Lipinski definition) is 1. The lowest BCUT2D eigenvalue weighted by molar-refractivity contribution is 0.0952. The molecule has 0 heterocycles. The average molecular weight is 290 g/mol. The topological polar surface area (TPSA) is 63.2 Å². The van der Waals surface area contributed by atoms with Crippen molar-refractivity contribution in [3.8, 4) is 0 Å². The van der Waals surface area contributed by atoms with E-state index in [2.05, 4.69) is 5.32 Å².